The zero-order valence-corrected chi connectivity index (χ0v) is 16.2. The van der Waals surface area contributed by atoms with E-state index >= 15 is 0 Å². The van der Waals surface area contributed by atoms with Crippen LogP contribution in [0.25, 0.3) is 11.3 Å². The standard InChI is InChI=1S/C22H22N4O2/c1-22(2)9-16(27)19-17(10-22)28-21(24)14(11-23)18(19)15-12-25-26(3)20(15)13-7-5-4-6-8-13/h4-8,12,18H,9-10,24H2,1-3H3/t18-/m1/s1. The Morgan fingerprint density at radius 3 is 2.68 bits per heavy atom. The molecule has 0 fully saturated rings. The zero-order chi connectivity index (χ0) is 20.1. The van der Waals surface area contributed by atoms with Gasteiger partial charge in [0, 0.05) is 36.6 Å². The van der Waals surface area contributed by atoms with Gasteiger partial charge in [-0.15, -0.1) is 0 Å². The molecule has 28 heavy (non-hydrogen) atoms. The summed E-state index contributed by atoms with van der Waals surface area (Å²) in [5.74, 6) is 0.0749. The highest BCUT2D eigenvalue weighted by molar-refractivity contribution is 6.00. The molecule has 1 aromatic heterocycles. The van der Waals surface area contributed by atoms with Gasteiger partial charge in [-0.2, -0.15) is 10.4 Å². The number of hydrogen-bond donors (Lipinski definition) is 1. The molecule has 1 aliphatic heterocycles. The number of hydrogen-bond acceptors (Lipinski definition) is 5. The maximum Gasteiger partial charge on any atom is 0.205 e. The van der Waals surface area contributed by atoms with Crippen LogP contribution in [-0.4, -0.2) is 15.6 Å². The summed E-state index contributed by atoms with van der Waals surface area (Å²) in [5.41, 5.74) is 9.32. The molecular formula is C22H22N4O2. The van der Waals surface area contributed by atoms with Crippen LogP contribution in [0, 0.1) is 16.7 Å². The molecule has 0 bridgehead atoms. The summed E-state index contributed by atoms with van der Waals surface area (Å²) in [6.07, 6.45) is 2.73. The maximum absolute atomic E-state index is 13.1. The summed E-state index contributed by atoms with van der Waals surface area (Å²) in [7, 11) is 1.85. The lowest BCUT2D eigenvalue weighted by Crippen LogP contribution is -2.33. The predicted molar refractivity (Wildman–Crippen MR) is 104 cm³/mol. The number of ketones is 1. The van der Waals surface area contributed by atoms with Crippen molar-refractivity contribution < 1.29 is 9.53 Å². The molecular weight excluding hydrogens is 352 g/mol. The van der Waals surface area contributed by atoms with E-state index in [1.54, 1.807) is 10.9 Å². The lowest BCUT2D eigenvalue weighted by atomic mass is 9.70. The molecule has 0 saturated carbocycles. The van der Waals surface area contributed by atoms with Gasteiger partial charge in [-0.25, -0.2) is 0 Å². The fourth-order valence-corrected chi connectivity index (χ4v) is 4.21. The van der Waals surface area contributed by atoms with Gasteiger partial charge in [-0.1, -0.05) is 44.2 Å². The minimum atomic E-state index is -0.568. The molecule has 1 atom stereocenters. The first kappa shape index (κ1) is 18.1. The summed E-state index contributed by atoms with van der Waals surface area (Å²) < 4.78 is 7.54. The number of nitrogens with zero attached hydrogens (tertiary/aromatic N) is 3. The molecule has 0 saturated heterocycles. The zero-order valence-electron chi connectivity index (χ0n) is 16.2. The van der Waals surface area contributed by atoms with Crippen LogP contribution >= 0.6 is 0 Å². The first-order valence-electron chi connectivity index (χ1n) is 9.23. The van der Waals surface area contributed by atoms with E-state index in [0.29, 0.717) is 24.2 Å². The number of allylic oxidation sites excluding steroid dienone is 3. The molecule has 4 rings (SSSR count). The van der Waals surface area contributed by atoms with Crippen molar-refractivity contribution in [2.75, 3.05) is 0 Å². The average molecular weight is 374 g/mol. The first-order chi connectivity index (χ1) is 13.3. The van der Waals surface area contributed by atoms with Gasteiger partial charge in [0.25, 0.3) is 0 Å². The lowest BCUT2D eigenvalue weighted by Gasteiger charge is -2.37. The summed E-state index contributed by atoms with van der Waals surface area (Å²) in [6.45, 7) is 4.07. The predicted octanol–water partition coefficient (Wildman–Crippen LogP) is 3.54. The topological polar surface area (TPSA) is 93.9 Å². The van der Waals surface area contributed by atoms with Gasteiger partial charge in [0.15, 0.2) is 5.78 Å². The van der Waals surface area contributed by atoms with E-state index in [9.17, 15) is 10.1 Å². The quantitative estimate of drug-likeness (QED) is 0.868. The number of carbonyl (C=O) groups is 1. The minimum Gasteiger partial charge on any atom is -0.444 e. The SMILES string of the molecule is Cn1ncc([C@H]2C(C#N)=C(N)OC3=C2C(=O)CC(C)(C)C3)c1-c1ccccc1. The molecule has 142 valence electrons. The first-order valence-corrected chi connectivity index (χ1v) is 9.23. The molecule has 0 unspecified atom stereocenters. The van der Waals surface area contributed by atoms with Gasteiger partial charge in [-0.05, 0) is 5.41 Å². The fraction of sp³-hybridized carbons (Fsp3) is 0.318. The smallest absolute Gasteiger partial charge is 0.205 e. The molecule has 0 spiro atoms. The van der Waals surface area contributed by atoms with Crippen LogP contribution < -0.4 is 5.73 Å². The summed E-state index contributed by atoms with van der Waals surface area (Å²) in [5, 5.41) is 14.2. The number of Topliss-reactive ketones (excluding diaryl/α,β-unsaturated/α-hetero) is 1. The molecule has 6 heteroatoms. The van der Waals surface area contributed by atoms with E-state index in [-0.39, 0.29) is 22.7 Å². The Kier molecular flexibility index (Phi) is 4.11. The van der Waals surface area contributed by atoms with Crippen molar-refractivity contribution >= 4 is 5.78 Å². The third-order valence-corrected chi connectivity index (χ3v) is 5.40. The number of nitrogens with two attached hydrogens (primary N) is 1. The van der Waals surface area contributed by atoms with Gasteiger partial charge in [0.1, 0.15) is 17.4 Å². The second-order valence-corrected chi connectivity index (χ2v) is 8.14. The van der Waals surface area contributed by atoms with Crippen LogP contribution in [0.3, 0.4) is 0 Å². The van der Waals surface area contributed by atoms with Crippen molar-refractivity contribution in [3.05, 3.63) is 64.9 Å². The Hall–Kier alpha value is -3.33. The van der Waals surface area contributed by atoms with E-state index in [1.165, 1.54) is 0 Å². The summed E-state index contributed by atoms with van der Waals surface area (Å²) in [6, 6.07) is 12.0. The third kappa shape index (κ3) is 2.80. The van der Waals surface area contributed by atoms with Crippen molar-refractivity contribution in [1.82, 2.24) is 9.78 Å². The van der Waals surface area contributed by atoms with Crippen LogP contribution in [-0.2, 0) is 16.6 Å². The number of aryl methyl sites for hydroxylation is 1. The van der Waals surface area contributed by atoms with Crippen molar-refractivity contribution in [2.24, 2.45) is 18.2 Å². The Labute approximate surface area is 163 Å². The van der Waals surface area contributed by atoms with Gasteiger partial charge < -0.3 is 10.5 Å². The van der Waals surface area contributed by atoms with Gasteiger partial charge >= 0.3 is 0 Å². The van der Waals surface area contributed by atoms with Crippen molar-refractivity contribution in [1.29, 1.82) is 5.26 Å². The molecule has 2 aromatic rings. The van der Waals surface area contributed by atoms with E-state index in [4.69, 9.17) is 10.5 Å². The van der Waals surface area contributed by atoms with Gasteiger partial charge in [0.05, 0.1) is 17.8 Å². The van der Waals surface area contributed by atoms with Crippen LogP contribution in [0.2, 0.25) is 0 Å². The normalized spacial score (nSPS) is 21.2. The Balaban J connectivity index is 1.95. The monoisotopic (exact) mass is 374 g/mol. The second kappa shape index (κ2) is 6.38. The number of ether oxygens (including phenoxy) is 1. The number of carbonyl (C=O) groups excluding carboxylic acids is 1. The van der Waals surface area contributed by atoms with E-state index in [2.05, 4.69) is 11.2 Å². The Morgan fingerprint density at radius 2 is 2.00 bits per heavy atom. The number of rotatable bonds is 2. The molecule has 6 nitrogen and oxygen atoms in total. The highest BCUT2D eigenvalue weighted by Crippen LogP contribution is 2.49. The minimum absolute atomic E-state index is 0.000588. The number of nitriles is 1. The van der Waals surface area contributed by atoms with Crippen LogP contribution in [0.5, 0.6) is 0 Å². The number of aromatic nitrogens is 2. The fourth-order valence-electron chi connectivity index (χ4n) is 4.21. The van der Waals surface area contributed by atoms with Crippen LogP contribution in [0.1, 0.15) is 38.2 Å². The Bertz CT molecular complexity index is 1070. The number of benzene rings is 1. The van der Waals surface area contributed by atoms with Gasteiger partial charge in [-0.3, -0.25) is 9.48 Å². The molecule has 2 aliphatic rings. The van der Waals surface area contributed by atoms with Crippen LogP contribution in [0.4, 0.5) is 0 Å². The van der Waals surface area contributed by atoms with Gasteiger partial charge in [0.2, 0.25) is 5.88 Å². The molecule has 2 N–H and O–H groups in total. The maximum atomic E-state index is 13.1. The highest BCUT2D eigenvalue weighted by Gasteiger charge is 2.44. The van der Waals surface area contributed by atoms with E-state index < -0.39 is 5.92 Å². The largest absolute Gasteiger partial charge is 0.444 e. The van der Waals surface area contributed by atoms with Crippen molar-refractivity contribution in [3.8, 4) is 17.3 Å². The highest BCUT2D eigenvalue weighted by atomic mass is 16.5. The Morgan fingerprint density at radius 1 is 1.29 bits per heavy atom. The molecule has 2 heterocycles. The van der Waals surface area contributed by atoms with E-state index in [0.717, 1.165) is 16.8 Å². The molecule has 1 aromatic carbocycles. The van der Waals surface area contributed by atoms with Crippen LogP contribution in [0.15, 0.2) is 59.3 Å². The summed E-state index contributed by atoms with van der Waals surface area (Å²) in [4.78, 5) is 13.1. The van der Waals surface area contributed by atoms with Crippen molar-refractivity contribution in [3.63, 3.8) is 0 Å². The van der Waals surface area contributed by atoms with E-state index in [1.807, 2.05) is 51.2 Å². The third-order valence-electron chi connectivity index (χ3n) is 5.40. The van der Waals surface area contributed by atoms with Crippen molar-refractivity contribution in [2.45, 2.75) is 32.6 Å². The lowest BCUT2D eigenvalue weighted by molar-refractivity contribution is -0.119. The molecule has 0 radical (unpaired) electrons. The summed E-state index contributed by atoms with van der Waals surface area (Å²) >= 11 is 0. The molecule has 0 amide bonds. The molecule has 1 aliphatic carbocycles. The average Bonchev–Trinajstić information content (AvgIpc) is 3.01. The second-order valence-electron chi connectivity index (χ2n) is 8.14.